The van der Waals surface area contributed by atoms with E-state index in [0.717, 1.165) is 6.07 Å². The third-order valence-corrected chi connectivity index (χ3v) is 3.47. The van der Waals surface area contributed by atoms with Gasteiger partial charge in [-0.15, -0.1) is 0 Å². The summed E-state index contributed by atoms with van der Waals surface area (Å²) in [6.07, 6.45) is 2.43. The van der Waals surface area contributed by atoms with E-state index < -0.39 is 17.2 Å². The van der Waals surface area contributed by atoms with Crippen LogP contribution in [-0.2, 0) is 13.0 Å². The van der Waals surface area contributed by atoms with E-state index in [1.54, 1.807) is 10.6 Å². The zero-order chi connectivity index (χ0) is 15.6. The second-order valence-electron chi connectivity index (χ2n) is 4.82. The number of carboxylic acid groups (broad SMARTS) is 1. The molecule has 0 amide bonds. The average molecular weight is 316 g/mol. The number of aromatic nitrogens is 1. The molecule has 0 spiro atoms. The van der Waals surface area contributed by atoms with Crippen molar-refractivity contribution in [1.82, 2.24) is 4.57 Å². The van der Waals surface area contributed by atoms with E-state index in [1.807, 2.05) is 6.92 Å². The molecule has 0 atom stereocenters. The first kappa shape index (κ1) is 18.8. The molecule has 5 nitrogen and oxygen atoms in total. The Morgan fingerprint density at radius 2 is 2.09 bits per heavy atom. The zero-order valence-corrected chi connectivity index (χ0v) is 11.7. The minimum atomic E-state index is -1.31. The fraction of sp³-hybridized carbons (Fsp3) is 0.333. The van der Waals surface area contributed by atoms with Gasteiger partial charge in [-0.05, 0) is 44.0 Å². The summed E-state index contributed by atoms with van der Waals surface area (Å²) in [5.74, 6) is -1.81. The molecule has 0 unspecified atom stereocenters. The van der Waals surface area contributed by atoms with Crippen LogP contribution in [0.1, 0.15) is 29.3 Å². The van der Waals surface area contributed by atoms with Crippen LogP contribution in [0.2, 0.25) is 0 Å². The Balaban J connectivity index is 0.00000242. The molecule has 7 heteroatoms. The Kier molecular flexibility index (Phi) is 6.74. The van der Waals surface area contributed by atoms with Gasteiger partial charge in [0.1, 0.15) is 11.4 Å². The topological polar surface area (TPSA) is 85.3 Å². The predicted octanol–water partition coefficient (Wildman–Crippen LogP) is 1.10. The summed E-state index contributed by atoms with van der Waals surface area (Å²) in [5, 5.41) is 9.15. The van der Waals surface area contributed by atoms with Crippen LogP contribution < -0.4 is 11.2 Å². The summed E-state index contributed by atoms with van der Waals surface area (Å²) in [6.45, 7) is 2.77. The molecule has 0 saturated heterocycles. The Labute approximate surface area is 149 Å². The number of aryl methyl sites for hydroxylation is 2. The van der Waals surface area contributed by atoms with E-state index in [0.29, 0.717) is 37.0 Å². The quantitative estimate of drug-likeness (QED) is 0.809. The van der Waals surface area contributed by atoms with Crippen molar-refractivity contribution in [2.24, 2.45) is 5.73 Å². The van der Waals surface area contributed by atoms with Crippen molar-refractivity contribution in [3.05, 3.63) is 45.5 Å². The maximum absolute atomic E-state index is 14.1. The number of pyridine rings is 1. The number of fused-ring (bicyclic) bond motifs is 1. The Morgan fingerprint density at radius 1 is 1.41 bits per heavy atom. The van der Waals surface area contributed by atoms with Gasteiger partial charge >= 0.3 is 35.5 Å². The summed E-state index contributed by atoms with van der Waals surface area (Å²) in [5.41, 5.74) is 5.45. The third kappa shape index (κ3) is 3.57. The molecule has 0 saturated carbocycles. The molecule has 0 fully saturated rings. The number of benzene rings is 1. The van der Waals surface area contributed by atoms with Crippen molar-refractivity contribution in [2.45, 2.75) is 26.3 Å². The number of hydrogen-bond donors (Lipinski definition) is 2. The molecule has 114 valence electrons. The van der Waals surface area contributed by atoms with Gasteiger partial charge in [-0.1, -0.05) is 0 Å². The molecule has 0 aliphatic rings. The van der Waals surface area contributed by atoms with Crippen molar-refractivity contribution in [2.75, 3.05) is 6.54 Å². The van der Waals surface area contributed by atoms with Gasteiger partial charge in [-0.2, -0.15) is 0 Å². The summed E-state index contributed by atoms with van der Waals surface area (Å²) >= 11 is 0. The molecular formula is C15H18FN2NaO3. The molecule has 0 bridgehead atoms. The first-order valence-corrected chi connectivity index (χ1v) is 6.78. The second kappa shape index (κ2) is 7.87. The molecule has 0 radical (unpaired) electrons. The number of halogens is 1. The van der Waals surface area contributed by atoms with E-state index in [9.17, 15) is 14.0 Å². The van der Waals surface area contributed by atoms with E-state index in [-0.39, 0.29) is 40.5 Å². The van der Waals surface area contributed by atoms with Gasteiger partial charge in [0.25, 0.3) is 0 Å². The molecule has 22 heavy (non-hydrogen) atoms. The summed E-state index contributed by atoms with van der Waals surface area (Å²) < 4.78 is 15.7. The maximum atomic E-state index is 14.1. The molecule has 2 aromatic rings. The molecule has 0 aliphatic carbocycles. The monoisotopic (exact) mass is 316 g/mol. The number of aromatic carboxylic acids is 1. The number of carbonyl (C=O) groups is 1. The first-order chi connectivity index (χ1) is 9.99. The summed E-state index contributed by atoms with van der Waals surface area (Å²) in [7, 11) is 0. The molecular weight excluding hydrogens is 298 g/mol. The molecule has 1 aromatic heterocycles. The van der Waals surface area contributed by atoms with Gasteiger partial charge in [0, 0.05) is 18.1 Å². The fourth-order valence-electron chi connectivity index (χ4n) is 2.35. The standard InChI is InChI=1S/C15H17FN2O3.Na.H/c1-2-18-8-11(15(20)21)14(19)10-7-12(16)9(4-3-5-17)6-13(10)18;;/h6-8H,2-5,17H2,1H3,(H,20,21);;. The first-order valence-electron chi connectivity index (χ1n) is 6.78. The number of hydrogen-bond acceptors (Lipinski definition) is 3. The SMILES string of the molecule is CCn1cc(C(=O)O)c(=O)c2cc(F)c(CCCN)cc21.[NaH]. The van der Waals surface area contributed by atoms with Gasteiger partial charge in [-0.25, -0.2) is 9.18 Å². The van der Waals surface area contributed by atoms with Crippen LogP contribution >= 0.6 is 0 Å². The zero-order valence-electron chi connectivity index (χ0n) is 11.7. The van der Waals surface area contributed by atoms with Gasteiger partial charge in [0.15, 0.2) is 0 Å². The third-order valence-electron chi connectivity index (χ3n) is 3.47. The Morgan fingerprint density at radius 3 is 2.64 bits per heavy atom. The van der Waals surface area contributed by atoms with E-state index in [2.05, 4.69) is 0 Å². The van der Waals surface area contributed by atoms with Crippen LogP contribution in [0.5, 0.6) is 0 Å². The van der Waals surface area contributed by atoms with Gasteiger partial charge in [-0.3, -0.25) is 4.79 Å². The van der Waals surface area contributed by atoms with Gasteiger partial charge < -0.3 is 15.4 Å². The van der Waals surface area contributed by atoms with E-state index in [4.69, 9.17) is 10.8 Å². The Bertz CT molecular complexity index is 759. The minimum absolute atomic E-state index is 0. The summed E-state index contributed by atoms with van der Waals surface area (Å²) in [4.78, 5) is 23.2. The van der Waals surface area contributed by atoms with Gasteiger partial charge in [0.2, 0.25) is 5.43 Å². The number of carboxylic acids is 1. The summed E-state index contributed by atoms with van der Waals surface area (Å²) in [6, 6.07) is 2.74. The van der Waals surface area contributed by atoms with Crippen LogP contribution in [0.3, 0.4) is 0 Å². The fourth-order valence-corrected chi connectivity index (χ4v) is 2.35. The molecule has 1 heterocycles. The van der Waals surface area contributed by atoms with Crippen molar-refractivity contribution in [1.29, 1.82) is 0 Å². The van der Waals surface area contributed by atoms with Crippen molar-refractivity contribution in [3.63, 3.8) is 0 Å². The van der Waals surface area contributed by atoms with Crippen LogP contribution in [0.4, 0.5) is 4.39 Å². The second-order valence-corrected chi connectivity index (χ2v) is 4.82. The van der Waals surface area contributed by atoms with E-state index in [1.165, 1.54) is 6.20 Å². The molecule has 0 aliphatic heterocycles. The average Bonchev–Trinajstić information content (AvgIpc) is 2.46. The van der Waals surface area contributed by atoms with Gasteiger partial charge in [0.05, 0.1) is 5.52 Å². The van der Waals surface area contributed by atoms with Crippen molar-refractivity contribution in [3.8, 4) is 0 Å². The molecule has 1 aromatic carbocycles. The number of nitrogens with zero attached hydrogens (tertiary/aromatic N) is 1. The molecule has 2 rings (SSSR count). The predicted molar refractivity (Wildman–Crippen MR) is 85.3 cm³/mol. The number of rotatable bonds is 5. The normalized spacial score (nSPS) is 10.5. The van der Waals surface area contributed by atoms with Crippen LogP contribution in [0.15, 0.2) is 23.1 Å². The van der Waals surface area contributed by atoms with Crippen molar-refractivity contribution < 1.29 is 14.3 Å². The Hall–Kier alpha value is -1.21. The van der Waals surface area contributed by atoms with Crippen LogP contribution in [0.25, 0.3) is 10.9 Å². The van der Waals surface area contributed by atoms with Crippen molar-refractivity contribution >= 4 is 46.4 Å². The molecule has 3 N–H and O–H groups in total. The number of nitrogens with two attached hydrogens (primary N) is 1. The van der Waals surface area contributed by atoms with E-state index >= 15 is 0 Å². The van der Waals surface area contributed by atoms with Crippen LogP contribution in [-0.4, -0.2) is 51.7 Å². The van der Waals surface area contributed by atoms with Crippen LogP contribution in [0, 0.1) is 5.82 Å².